The largest absolute Gasteiger partial charge is 0.365 e. The number of nitrogens with zero attached hydrogens (tertiary/aromatic N) is 2. The first-order valence-electron chi connectivity index (χ1n) is 9.23. The summed E-state index contributed by atoms with van der Waals surface area (Å²) in [5, 5.41) is 5.11. The molecule has 0 fully saturated rings. The summed E-state index contributed by atoms with van der Waals surface area (Å²) in [6.45, 7) is 2.20. The van der Waals surface area contributed by atoms with E-state index >= 15 is 0 Å². The zero-order valence-corrected chi connectivity index (χ0v) is 16.5. The van der Waals surface area contributed by atoms with Crippen LogP contribution in [0, 0.1) is 6.92 Å². The van der Waals surface area contributed by atoms with Crippen molar-refractivity contribution >= 4 is 34.0 Å². The lowest BCUT2D eigenvalue weighted by Gasteiger charge is -2.23. The van der Waals surface area contributed by atoms with Crippen LogP contribution in [0.4, 0.5) is 11.4 Å². The Bertz CT molecular complexity index is 983. The van der Waals surface area contributed by atoms with Crippen molar-refractivity contribution in [2.75, 3.05) is 37.4 Å². The second-order valence-corrected chi connectivity index (χ2v) is 7.05. The summed E-state index contributed by atoms with van der Waals surface area (Å²) in [5.74, 6) is -0.331. The van der Waals surface area contributed by atoms with Gasteiger partial charge in [0, 0.05) is 25.5 Å². The van der Waals surface area contributed by atoms with Crippen molar-refractivity contribution in [3.8, 4) is 0 Å². The molecule has 2 amide bonds. The van der Waals surface area contributed by atoms with Gasteiger partial charge in [0.25, 0.3) is 0 Å². The fourth-order valence-corrected chi connectivity index (χ4v) is 2.97. The monoisotopic (exact) mass is 375 g/mol. The number of fused-ring (bicyclic) bond motifs is 1. The molecule has 0 saturated heterocycles. The fraction of sp³-hybridized carbons (Fsp3) is 0.217. The van der Waals surface area contributed by atoms with E-state index in [1.807, 2.05) is 67.4 Å². The standard InChI is InChI=1S/C23H25N3O2/c1-17-8-11-20(12-9-17)24-22(27)15-26(3)23(28)16-25(2)21-13-10-18-6-4-5-7-19(18)14-21/h4-14H,15-16H2,1-3H3,(H,24,27). The van der Waals surface area contributed by atoms with Gasteiger partial charge in [0.2, 0.25) is 11.8 Å². The summed E-state index contributed by atoms with van der Waals surface area (Å²) >= 11 is 0. The third-order valence-electron chi connectivity index (χ3n) is 4.69. The van der Waals surface area contributed by atoms with Gasteiger partial charge in [0.1, 0.15) is 0 Å². The van der Waals surface area contributed by atoms with Crippen LogP contribution in [0.3, 0.4) is 0 Å². The van der Waals surface area contributed by atoms with E-state index in [1.165, 1.54) is 4.90 Å². The third-order valence-corrected chi connectivity index (χ3v) is 4.69. The first-order valence-corrected chi connectivity index (χ1v) is 9.23. The maximum Gasteiger partial charge on any atom is 0.243 e. The van der Waals surface area contributed by atoms with Gasteiger partial charge < -0.3 is 15.1 Å². The van der Waals surface area contributed by atoms with Gasteiger partial charge in [0.15, 0.2) is 0 Å². The van der Waals surface area contributed by atoms with Crippen LogP contribution in [0.15, 0.2) is 66.7 Å². The number of amides is 2. The average molecular weight is 375 g/mol. The Balaban J connectivity index is 1.56. The van der Waals surface area contributed by atoms with Crippen molar-refractivity contribution in [2.24, 2.45) is 0 Å². The summed E-state index contributed by atoms with van der Waals surface area (Å²) in [6, 6.07) is 21.8. The average Bonchev–Trinajstić information content (AvgIpc) is 2.69. The minimum atomic E-state index is -0.215. The lowest BCUT2D eigenvalue weighted by Crippen LogP contribution is -2.40. The molecule has 0 aliphatic rings. The Hall–Kier alpha value is -3.34. The van der Waals surface area contributed by atoms with Gasteiger partial charge >= 0.3 is 0 Å². The van der Waals surface area contributed by atoms with Crippen LogP contribution in [0.25, 0.3) is 10.8 Å². The van der Waals surface area contributed by atoms with Crippen molar-refractivity contribution in [1.29, 1.82) is 0 Å². The molecule has 28 heavy (non-hydrogen) atoms. The molecule has 0 spiro atoms. The van der Waals surface area contributed by atoms with E-state index in [0.717, 1.165) is 27.7 Å². The zero-order chi connectivity index (χ0) is 20.1. The Kier molecular flexibility index (Phi) is 5.94. The molecule has 0 bridgehead atoms. The maximum atomic E-state index is 12.5. The number of carbonyl (C=O) groups is 2. The van der Waals surface area contributed by atoms with E-state index in [9.17, 15) is 9.59 Å². The number of benzene rings is 3. The number of nitrogens with one attached hydrogen (secondary N) is 1. The van der Waals surface area contributed by atoms with E-state index < -0.39 is 0 Å². The summed E-state index contributed by atoms with van der Waals surface area (Å²) in [7, 11) is 3.52. The Morgan fingerprint density at radius 1 is 0.857 bits per heavy atom. The second kappa shape index (κ2) is 8.57. The molecule has 0 unspecified atom stereocenters. The van der Waals surface area contributed by atoms with Gasteiger partial charge in [-0.05, 0) is 42.0 Å². The topological polar surface area (TPSA) is 52.7 Å². The lowest BCUT2D eigenvalue weighted by atomic mass is 10.1. The summed E-state index contributed by atoms with van der Waals surface area (Å²) in [6.07, 6.45) is 0. The van der Waals surface area contributed by atoms with Crippen molar-refractivity contribution in [2.45, 2.75) is 6.92 Å². The van der Waals surface area contributed by atoms with E-state index in [-0.39, 0.29) is 24.9 Å². The molecule has 1 N–H and O–H groups in total. The maximum absolute atomic E-state index is 12.5. The minimum Gasteiger partial charge on any atom is -0.365 e. The van der Waals surface area contributed by atoms with Crippen LogP contribution < -0.4 is 10.2 Å². The third kappa shape index (κ3) is 4.88. The first-order chi connectivity index (χ1) is 13.4. The number of aryl methyl sites for hydroxylation is 1. The Morgan fingerprint density at radius 2 is 1.54 bits per heavy atom. The van der Waals surface area contributed by atoms with Crippen molar-refractivity contribution in [3.05, 3.63) is 72.3 Å². The highest BCUT2D eigenvalue weighted by atomic mass is 16.2. The van der Waals surface area contributed by atoms with Crippen LogP contribution in [0.2, 0.25) is 0 Å². The second-order valence-electron chi connectivity index (χ2n) is 7.05. The van der Waals surface area contributed by atoms with Crippen LogP contribution in [0.5, 0.6) is 0 Å². The van der Waals surface area contributed by atoms with Crippen LogP contribution in [-0.4, -0.2) is 43.9 Å². The number of rotatable bonds is 6. The van der Waals surface area contributed by atoms with E-state index in [2.05, 4.69) is 23.5 Å². The zero-order valence-electron chi connectivity index (χ0n) is 16.5. The minimum absolute atomic E-state index is 0.0122. The number of anilines is 2. The molecule has 3 aromatic carbocycles. The SMILES string of the molecule is Cc1ccc(NC(=O)CN(C)C(=O)CN(C)c2ccc3ccccc3c2)cc1. The highest BCUT2D eigenvalue weighted by Crippen LogP contribution is 2.21. The summed E-state index contributed by atoms with van der Waals surface area (Å²) in [4.78, 5) is 28.1. The molecular weight excluding hydrogens is 350 g/mol. The van der Waals surface area contributed by atoms with Gasteiger partial charge in [-0.1, -0.05) is 48.0 Å². The number of likely N-dealkylation sites (N-methyl/N-ethyl adjacent to an activating group) is 2. The molecular formula is C23H25N3O2. The molecule has 0 aliphatic carbocycles. The Labute approximate surface area is 165 Å². The number of carbonyl (C=O) groups excluding carboxylic acids is 2. The van der Waals surface area contributed by atoms with Crippen LogP contribution >= 0.6 is 0 Å². The van der Waals surface area contributed by atoms with Crippen molar-refractivity contribution in [1.82, 2.24) is 4.90 Å². The predicted molar refractivity (Wildman–Crippen MR) is 115 cm³/mol. The Morgan fingerprint density at radius 3 is 2.25 bits per heavy atom. The molecule has 5 nitrogen and oxygen atoms in total. The van der Waals surface area contributed by atoms with Crippen LogP contribution in [0.1, 0.15) is 5.56 Å². The van der Waals surface area contributed by atoms with E-state index in [0.29, 0.717) is 0 Å². The van der Waals surface area contributed by atoms with E-state index in [1.54, 1.807) is 7.05 Å². The molecule has 3 aromatic rings. The van der Waals surface area contributed by atoms with Gasteiger partial charge in [-0.3, -0.25) is 9.59 Å². The van der Waals surface area contributed by atoms with Gasteiger partial charge in [-0.25, -0.2) is 0 Å². The lowest BCUT2D eigenvalue weighted by molar-refractivity contribution is -0.132. The molecule has 0 saturated carbocycles. The molecule has 5 heteroatoms. The number of hydrogen-bond donors (Lipinski definition) is 1. The molecule has 0 aliphatic heterocycles. The first kappa shape index (κ1) is 19.4. The normalized spacial score (nSPS) is 10.5. The molecule has 3 rings (SSSR count). The van der Waals surface area contributed by atoms with Crippen molar-refractivity contribution < 1.29 is 9.59 Å². The van der Waals surface area contributed by atoms with Crippen molar-refractivity contribution in [3.63, 3.8) is 0 Å². The smallest absolute Gasteiger partial charge is 0.243 e. The predicted octanol–water partition coefficient (Wildman–Crippen LogP) is 3.68. The van der Waals surface area contributed by atoms with Gasteiger partial charge in [0.05, 0.1) is 13.1 Å². The molecule has 0 heterocycles. The van der Waals surface area contributed by atoms with Gasteiger partial charge in [-0.2, -0.15) is 0 Å². The molecule has 0 radical (unpaired) electrons. The highest BCUT2D eigenvalue weighted by molar-refractivity contribution is 5.95. The fourth-order valence-electron chi connectivity index (χ4n) is 2.97. The molecule has 0 aromatic heterocycles. The highest BCUT2D eigenvalue weighted by Gasteiger charge is 2.15. The van der Waals surface area contributed by atoms with E-state index in [4.69, 9.17) is 0 Å². The van der Waals surface area contributed by atoms with Gasteiger partial charge in [-0.15, -0.1) is 0 Å². The van der Waals surface area contributed by atoms with Crippen LogP contribution in [-0.2, 0) is 9.59 Å². The quantitative estimate of drug-likeness (QED) is 0.715. The molecule has 144 valence electrons. The molecule has 0 atom stereocenters. The summed E-state index contributed by atoms with van der Waals surface area (Å²) < 4.78 is 0. The summed E-state index contributed by atoms with van der Waals surface area (Å²) in [5.41, 5.74) is 2.82. The number of hydrogen-bond acceptors (Lipinski definition) is 3.